The molecular weight excluding hydrogens is 352 g/mol. The van der Waals surface area contributed by atoms with E-state index in [2.05, 4.69) is 0 Å². The molecule has 1 aromatic carbocycles. The van der Waals surface area contributed by atoms with E-state index in [9.17, 15) is 8.42 Å². The van der Waals surface area contributed by atoms with Crippen LogP contribution in [0.3, 0.4) is 0 Å². The van der Waals surface area contributed by atoms with Gasteiger partial charge in [0.05, 0.1) is 19.1 Å². The maximum atomic E-state index is 13.0. The van der Waals surface area contributed by atoms with Gasteiger partial charge in [-0.25, -0.2) is 8.42 Å². The average molecular weight is 379 g/mol. The maximum absolute atomic E-state index is 13.0. The lowest BCUT2D eigenvalue weighted by Gasteiger charge is -2.32. The molecule has 0 aromatic heterocycles. The summed E-state index contributed by atoms with van der Waals surface area (Å²) in [6.07, 6.45) is 2.77. The van der Waals surface area contributed by atoms with E-state index in [4.69, 9.17) is 15.2 Å². The van der Waals surface area contributed by atoms with Crippen LogP contribution in [0.1, 0.15) is 24.8 Å². The number of sulfonamides is 1. The highest BCUT2D eigenvalue weighted by atomic mass is 35.5. The first-order valence-electron chi connectivity index (χ1n) is 7.86. The number of rotatable bonds is 6. The third-order valence-corrected chi connectivity index (χ3v) is 6.36. The summed E-state index contributed by atoms with van der Waals surface area (Å²) in [5, 5.41) is 0. The van der Waals surface area contributed by atoms with Crippen molar-refractivity contribution in [3.8, 4) is 11.5 Å². The number of ether oxygens (including phenoxy) is 2. The predicted molar refractivity (Wildman–Crippen MR) is 96.7 cm³/mol. The fraction of sp³-hybridized carbons (Fsp3) is 0.625. The van der Waals surface area contributed by atoms with Gasteiger partial charge in [0.1, 0.15) is 0 Å². The van der Waals surface area contributed by atoms with Crippen LogP contribution in [-0.2, 0) is 10.0 Å². The standard InChI is InChI=1S/C16H26N2O4S.ClH/c1-12-9-14(21-2)15(22-3)10-16(12)23(19,20)18-8-4-5-13(11-18)6-7-17;/h9-10,13H,4-8,11,17H2,1-3H3;1H. The molecule has 1 aliphatic rings. The Hall–Kier alpha value is -1.02. The second kappa shape index (κ2) is 8.89. The Morgan fingerprint density at radius 2 is 1.88 bits per heavy atom. The lowest BCUT2D eigenvalue weighted by molar-refractivity contribution is 0.258. The molecule has 0 bridgehead atoms. The van der Waals surface area contributed by atoms with Crippen molar-refractivity contribution in [1.29, 1.82) is 0 Å². The zero-order valence-electron chi connectivity index (χ0n) is 14.4. The van der Waals surface area contributed by atoms with Crippen molar-refractivity contribution < 1.29 is 17.9 Å². The molecular formula is C16H27ClN2O4S. The van der Waals surface area contributed by atoms with E-state index in [1.807, 2.05) is 0 Å². The smallest absolute Gasteiger partial charge is 0.243 e. The number of nitrogens with two attached hydrogens (primary N) is 1. The highest BCUT2D eigenvalue weighted by molar-refractivity contribution is 7.89. The van der Waals surface area contributed by atoms with Gasteiger partial charge in [-0.2, -0.15) is 4.31 Å². The number of nitrogens with zero attached hydrogens (tertiary/aromatic N) is 1. The van der Waals surface area contributed by atoms with Gasteiger partial charge in [0, 0.05) is 19.2 Å². The molecule has 6 nitrogen and oxygen atoms in total. The first-order chi connectivity index (χ1) is 10.9. The molecule has 0 radical (unpaired) electrons. The summed E-state index contributed by atoms with van der Waals surface area (Å²) < 4.78 is 38.1. The molecule has 0 amide bonds. The van der Waals surface area contributed by atoms with Crippen LogP contribution in [0.25, 0.3) is 0 Å². The number of hydrogen-bond acceptors (Lipinski definition) is 5. The van der Waals surface area contributed by atoms with Crippen LogP contribution < -0.4 is 15.2 Å². The minimum absolute atomic E-state index is 0. The summed E-state index contributed by atoms with van der Waals surface area (Å²) in [6, 6.07) is 3.25. The minimum atomic E-state index is -3.54. The summed E-state index contributed by atoms with van der Waals surface area (Å²) in [5.41, 5.74) is 6.28. The van der Waals surface area contributed by atoms with Crippen LogP contribution >= 0.6 is 12.4 Å². The molecule has 1 heterocycles. The molecule has 1 aromatic rings. The SMILES string of the molecule is COc1cc(C)c(S(=O)(=O)N2CCCC(CCN)C2)cc1OC.Cl. The van der Waals surface area contributed by atoms with Gasteiger partial charge in [-0.1, -0.05) is 0 Å². The Morgan fingerprint density at radius 3 is 2.46 bits per heavy atom. The van der Waals surface area contributed by atoms with Crippen molar-refractivity contribution in [3.63, 3.8) is 0 Å². The van der Waals surface area contributed by atoms with Crippen LogP contribution in [0.2, 0.25) is 0 Å². The largest absolute Gasteiger partial charge is 0.493 e. The fourth-order valence-electron chi connectivity index (χ4n) is 3.10. The third kappa shape index (κ3) is 4.33. The highest BCUT2D eigenvalue weighted by Crippen LogP contribution is 2.34. The van der Waals surface area contributed by atoms with Gasteiger partial charge in [0.15, 0.2) is 11.5 Å². The molecule has 0 spiro atoms. The van der Waals surface area contributed by atoms with Gasteiger partial charge in [-0.15, -0.1) is 12.4 Å². The summed E-state index contributed by atoms with van der Waals surface area (Å²) in [6.45, 7) is 3.45. The number of aryl methyl sites for hydroxylation is 1. The van der Waals surface area contributed by atoms with Crippen LogP contribution in [0, 0.1) is 12.8 Å². The zero-order valence-corrected chi connectivity index (χ0v) is 16.1. The Balaban J connectivity index is 0.00000288. The second-order valence-corrected chi connectivity index (χ2v) is 7.83. The highest BCUT2D eigenvalue weighted by Gasteiger charge is 2.31. The fourth-order valence-corrected chi connectivity index (χ4v) is 4.87. The average Bonchev–Trinajstić information content (AvgIpc) is 2.54. The van der Waals surface area contributed by atoms with Crippen LogP contribution in [0.15, 0.2) is 17.0 Å². The molecule has 8 heteroatoms. The number of hydrogen-bond donors (Lipinski definition) is 1. The van der Waals surface area contributed by atoms with Crippen molar-refractivity contribution in [2.24, 2.45) is 11.7 Å². The van der Waals surface area contributed by atoms with Gasteiger partial charge in [-0.05, 0) is 50.3 Å². The van der Waals surface area contributed by atoms with Crippen LogP contribution in [0.4, 0.5) is 0 Å². The first kappa shape index (κ1) is 21.0. The minimum Gasteiger partial charge on any atom is -0.493 e. The van der Waals surface area contributed by atoms with Gasteiger partial charge in [0.2, 0.25) is 10.0 Å². The van der Waals surface area contributed by atoms with Crippen LogP contribution in [-0.4, -0.2) is 46.6 Å². The number of piperidine rings is 1. The molecule has 0 saturated carbocycles. The van der Waals surface area contributed by atoms with E-state index in [0.717, 1.165) is 19.3 Å². The van der Waals surface area contributed by atoms with E-state index in [1.54, 1.807) is 23.4 Å². The third-order valence-electron chi connectivity index (χ3n) is 4.36. The quantitative estimate of drug-likeness (QED) is 0.820. The molecule has 1 atom stereocenters. The van der Waals surface area contributed by atoms with Gasteiger partial charge < -0.3 is 15.2 Å². The van der Waals surface area contributed by atoms with E-state index >= 15 is 0 Å². The summed E-state index contributed by atoms with van der Waals surface area (Å²) in [5.74, 6) is 1.29. The van der Waals surface area contributed by atoms with Gasteiger partial charge in [-0.3, -0.25) is 0 Å². The molecule has 24 heavy (non-hydrogen) atoms. The van der Waals surface area contributed by atoms with Crippen molar-refractivity contribution in [3.05, 3.63) is 17.7 Å². The number of methoxy groups -OCH3 is 2. The molecule has 1 saturated heterocycles. The van der Waals surface area contributed by atoms with Crippen molar-refractivity contribution in [1.82, 2.24) is 4.31 Å². The summed E-state index contributed by atoms with van der Waals surface area (Å²) in [4.78, 5) is 0.281. The summed E-state index contributed by atoms with van der Waals surface area (Å²) in [7, 11) is -0.508. The molecule has 1 fully saturated rings. The topological polar surface area (TPSA) is 81.9 Å². The Bertz CT molecular complexity index is 650. The van der Waals surface area contributed by atoms with Crippen LogP contribution in [0.5, 0.6) is 11.5 Å². The molecule has 2 N–H and O–H groups in total. The molecule has 138 valence electrons. The normalized spacial score (nSPS) is 18.8. The Labute approximate surface area is 150 Å². The van der Waals surface area contributed by atoms with Crippen molar-refractivity contribution in [2.45, 2.75) is 31.1 Å². The van der Waals surface area contributed by atoms with Gasteiger partial charge in [0.25, 0.3) is 0 Å². The Morgan fingerprint density at radius 1 is 1.25 bits per heavy atom. The van der Waals surface area contributed by atoms with Crippen molar-refractivity contribution >= 4 is 22.4 Å². The predicted octanol–water partition coefficient (Wildman–Crippen LogP) is 2.18. The molecule has 1 unspecified atom stereocenters. The van der Waals surface area contributed by atoms with Gasteiger partial charge >= 0.3 is 0 Å². The molecule has 1 aliphatic heterocycles. The number of halogens is 1. The van der Waals surface area contributed by atoms with Crippen molar-refractivity contribution in [2.75, 3.05) is 33.9 Å². The first-order valence-corrected chi connectivity index (χ1v) is 9.30. The lowest BCUT2D eigenvalue weighted by atomic mass is 9.96. The molecule has 0 aliphatic carbocycles. The number of benzene rings is 1. The second-order valence-electron chi connectivity index (χ2n) is 5.92. The summed E-state index contributed by atoms with van der Waals surface area (Å²) >= 11 is 0. The van der Waals surface area contributed by atoms with E-state index in [1.165, 1.54) is 14.2 Å². The van der Waals surface area contributed by atoms with E-state index < -0.39 is 10.0 Å². The Kier molecular flexibility index (Phi) is 7.79. The van der Waals surface area contributed by atoms with E-state index in [-0.39, 0.29) is 17.3 Å². The van der Waals surface area contributed by atoms with E-state index in [0.29, 0.717) is 42.6 Å². The zero-order chi connectivity index (χ0) is 17.0. The molecule has 2 rings (SSSR count). The monoisotopic (exact) mass is 378 g/mol. The maximum Gasteiger partial charge on any atom is 0.243 e. The lowest BCUT2D eigenvalue weighted by Crippen LogP contribution is -2.40.